The van der Waals surface area contributed by atoms with E-state index in [1.54, 1.807) is 23.1 Å². The van der Waals surface area contributed by atoms with E-state index in [1.165, 1.54) is 0 Å². The zero-order chi connectivity index (χ0) is 17.6. The fraction of sp³-hybridized carbons (Fsp3) is 0.350. The molecule has 0 unspecified atom stereocenters. The number of aromatic nitrogens is 1. The summed E-state index contributed by atoms with van der Waals surface area (Å²) in [7, 11) is 0. The number of nitrogens with zero attached hydrogens (tertiary/aromatic N) is 2. The molecule has 0 bridgehead atoms. The molecule has 0 saturated heterocycles. The summed E-state index contributed by atoms with van der Waals surface area (Å²) < 4.78 is 0. The predicted molar refractivity (Wildman–Crippen MR) is 97.8 cm³/mol. The summed E-state index contributed by atoms with van der Waals surface area (Å²) in [5.74, 6) is -0.409. The largest absolute Gasteiger partial charge is 0.348 e. The molecule has 1 heterocycles. The Bertz CT molecular complexity index is 740. The minimum atomic E-state index is -0.204. The van der Waals surface area contributed by atoms with Gasteiger partial charge in [0.2, 0.25) is 0 Å². The van der Waals surface area contributed by atoms with Crippen LogP contribution in [0.5, 0.6) is 0 Å². The van der Waals surface area contributed by atoms with Crippen LogP contribution in [-0.2, 0) is 0 Å². The van der Waals surface area contributed by atoms with Crippen LogP contribution in [0.15, 0.2) is 48.5 Å². The Labute approximate surface area is 148 Å². The molecule has 0 atom stereocenters. The molecule has 130 valence electrons. The van der Waals surface area contributed by atoms with Crippen LogP contribution in [0.4, 0.5) is 5.69 Å². The summed E-state index contributed by atoms with van der Waals surface area (Å²) in [4.78, 5) is 31.2. The van der Waals surface area contributed by atoms with Gasteiger partial charge in [0, 0.05) is 18.3 Å². The summed E-state index contributed by atoms with van der Waals surface area (Å²) in [6, 6.07) is 14.7. The van der Waals surface area contributed by atoms with Crippen LogP contribution >= 0.6 is 0 Å². The third-order valence-electron chi connectivity index (χ3n) is 4.52. The van der Waals surface area contributed by atoms with Gasteiger partial charge in [0.1, 0.15) is 11.4 Å². The molecule has 2 amide bonds. The van der Waals surface area contributed by atoms with E-state index >= 15 is 0 Å². The van der Waals surface area contributed by atoms with Crippen molar-refractivity contribution >= 4 is 17.5 Å². The lowest BCUT2D eigenvalue weighted by Gasteiger charge is -2.20. The monoisotopic (exact) mass is 337 g/mol. The van der Waals surface area contributed by atoms with Gasteiger partial charge < -0.3 is 10.2 Å². The number of carbonyl (C=O) groups excluding carboxylic acids is 2. The lowest BCUT2D eigenvalue weighted by atomic mass is 10.2. The van der Waals surface area contributed by atoms with Crippen LogP contribution in [0.1, 0.15) is 53.6 Å². The van der Waals surface area contributed by atoms with Gasteiger partial charge in [-0.25, -0.2) is 4.98 Å². The van der Waals surface area contributed by atoms with E-state index in [4.69, 9.17) is 0 Å². The number of anilines is 1. The highest BCUT2D eigenvalue weighted by Gasteiger charge is 2.21. The number of amides is 2. The second kappa shape index (κ2) is 7.92. The van der Waals surface area contributed by atoms with Crippen molar-refractivity contribution in [3.8, 4) is 0 Å². The van der Waals surface area contributed by atoms with Gasteiger partial charge in [-0.1, -0.05) is 37.1 Å². The first-order valence-corrected chi connectivity index (χ1v) is 8.84. The van der Waals surface area contributed by atoms with Gasteiger partial charge >= 0.3 is 0 Å². The van der Waals surface area contributed by atoms with Gasteiger partial charge in [0.05, 0.1) is 0 Å². The normalized spacial score (nSPS) is 14.3. The van der Waals surface area contributed by atoms with Crippen molar-refractivity contribution in [1.82, 2.24) is 10.3 Å². The number of benzene rings is 1. The van der Waals surface area contributed by atoms with E-state index < -0.39 is 0 Å². The van der Waals surface area contributed by atoms with Crippen molar-refractivity contribution in [3.63, 3.8) is 0 Å². The van der Waals surface area contributed by atoms with E-state index in [9.17, 15) is 9.59 Å². The average Bonchev–Trinajstić information content (AvgIpc) is 3.16. The number of carbonyl (C=O) groups is 2. The van der Waals surface area contributed by atoms with Gasteiger partial charge in [-0.15, -0.1) is 0 Å². The van der Waals surface area contributed by atoms with Crippen LogP contribution in [-0.4, -0.2) is 29.4 Å². The fourth-order valence-corrected chi connectivity index (χ4v) is 3.20. The van der Waals surface area contributed by atoms with Gasteiger partial charge in [0.25, 0.3) is 11.8 Å². The third-order valence-corrected chi connectivity index (χ3v) is 4.52. The van der Waals surface area contributed by atoms with Crippen molar-refractivity contribution in [2.45, 2.75) is 38.6 Å². The topological polar surface area (TPSA) is 62.3 Å². The summed E-state index contributed by atoms with van der Waals surface area (Å²) in [5.41, 5.74) is 1.39. The zero-order valence-corrected chi connectivity index (χ0v) is 14.4. The molecule has 1 N–H and O–H groups in total. The Morgan fingerprint density at radius 3 is 2.40 bits per heavy atom. The number of hydrogen-bond acceptors (Lipinski definition) is 3. The molecule has 1 aliphatic carbocycles. The molecule has 0 radical (unpaired) electrons. The number of hydrogen-bond donors (Lipinski definition) is 1. The Morgan fingerprint density at radius 2 is 1.72 bits per heavy atom. The van der Waals surface area contributed by atoms with E-state index in [0.717, 1.165) is 31.4 Å². The molecule has 2 aromatic rings. The lowest BCUT2D eigenvalue weighted by molar-refractivity contribution is 0.0932. The van der Waals surface area contributed by atoms with Crippen molar-refractivity contribution in [2.75, 3.05) is 11.4 Å². The van der Waals surface area contributed by atoms with Gasteiger partial charge in [-0.05, 0) is 44.0 Å². The highest BCUT2D eigenvalue weighted by Crippen LogP contribution is 2.18. The first kappa shape index (κ1) is 17.1. The molecule has 1 saturated carbocycles. The zero-order valence-electron chi connectivity index (χ0n) is 14.4. The molecule has 1 aromatic carbocycles. The SMILES string of the molecule is CCN(C(=O)c1cccc(C(=O)NC2CCCC2)n1)c1ccccc1. The van der Waals surface area contributed by atoms with Crippen LogP contribution in [0.3, 0.4) is 0 Å². The molecule has 1 fully saturated rings. The summed E-state index contributed by atoms with van der Waals surface area (Å²) in [5, 5.41) is 3.01. The van der Waals surface area contributed by atoms with Crippen LogP contribution in [0.25, 0.3) is 0 Å². The van der Waals surface area contributed by atoms with E-state index in [2.05, 4.69) is 10.3 Å². The molecular formula is C20H23N3O2. The number of rotatable bonds is 5. The predicted octanol–water partition coefficient (Wildman–Crippen LogP) is 3.42. The maximum atomic E-state index is 12.8. The minimum absolute atomic E-state index is 0.204. The van der Waals surface area contributed by atoms with Crippen molar-refractivity contribution in [2.24, 2.45) is 0 Å². The second-order valence-corrected chi connectivity index (χ2v) is 6.25. The minimum Gasteiger partial charge on any atom is -0.348 e. The number of pyridine rings is 1. The Morgan fingerprint density at radius 1 is 1.04 bits per heavy atom. The summed E-state index contributed by atoms with van der Waals surface area (Å²) >= 11 is 0. The quantitative estimate of drug-likeness (QED) is 0.909. The first-order valence-electron chi connectivity index (χ1n) is 8.84. The molecule has 25 heavy (non-hydrogen) atoms. The van der Waals surface area contributed by atoms with E-state index in [0.29, 0.717) is 12.2 Å². The molecule has 0 spiro atoms. The molecule has 3 rings (SSSR count). The standard InChI is InChI=1S/C20H23N3O2/c1-2-23(16-11-4-3-5-12-16)20(25)18-14-8-13-17(22-18)19(24)21-15-9-6-7-10-15/h3-5,8,11-15H,2,6-7,9-10H2,1H3,(H,21,24). The van der Waals surface area contributed by atoms with Crippen molar-refractivity contribution < 1.29 is 9.59 Å². The van der Waals surface area contributed by atoms with Crippen molar-refractivity contribution in [1.29, 1.82) is 0 Å². The molecule has 5 nitrogen and oxygen atoms in total. The first-order chi connectivity index (χ1) is 12.2. The molecule has 1 aromatic heterocycles. The lowest BCUT2D eigenvalue weighted by Crippen LogP contribution is -2.34. The maximum Gasteiger partial charge on any atom is 0.276 e. The second-order valence-electron chi connectivity index (χ2n) is 6.25. The smallest absolute Gasteiger partial charge is 0.276 e. The van der Waals surface area contributed by atoms with Gasteiger partial charge in [-0.2, -0.15) is 0 Å². The fourth-order valence-electron chi connectivity index (χ4n) is 3.20. The molecule has 5 heteroatoms. The van der Waals surface area contributed by atoms with Crippen LogP contribution in [0.2, 0.25) is 0 Å². The number of nitrogens with one attached hydrogen (secondary N) is 1. The van der Waals surface area contributed by atoms with E-state index in [1.807, 2.05) is 37.3 Å². The third kappa shape index (κ3) is 4.05. The average molecular weight is 337 g/mol. The maximum absolute atomic E-state index is 12.8. The highest BCUT2D eigenvalue weighted by atomic mass is 16.2. The van der Waals surface area contributed by atoms with Crippen molar-refractivity contribution in [3.05, 3.63) is 59.9 Å². The van der Waals surface area contributed by atoms with Crippen LogP contribution < -0.4 is 10.2 Å². The molecular weight excluding hydrogens is 314 g/mol. The molecule has 0 aliphatic heterocycles. The molecule has 1 aliphatic rings. The summed E-state index contributed by atoms with van der Waals surface area (Å²) in [6.45, 7) is 2.45. The van der Waals surface area contributed by atoms with Crippen LogP contribution in [0, 0.1) is 0 Å². The Hall–Kier alpha value is -2.69. The highest BCUT2D eigenvalue weighted by molar-refractivity contribution is 6.05. The Kier molecular flexibility index (Phi) is 5.43. The number of para-hydroxylation sites is 1. The summed E-state index contributed by atoms with van der Waals surface area (Å²) in [6.07, 6.45) is 4.34. The van der Waals surface area contributed by atoms with Gasteiger partial charge in [-0.3, -0.25) is 9.59 Å². The van der Waals surface area contributed by atoms with E-state index in [-0.39, 0.29) is 23.6 Å². The van der Waals surface area contributed by atoms with Gasteiger partial charge in [0.15, 0.2) is 0 Å². The Balaban J connectivity index is 1.77.